The van der Waals surface area contributed by atoms with Gasteiger partial charge in [-0.3, -0.25) is 4.79 Å². The van der Waals surface area contributed by atoms with Gasteiger partial charge in [0.25, 0.3) is 0 Å². The molecule has 0 amide bonds. The molecule has 130 valence electrons. The zero-order valence-corrected chi connectivity index (χ0v) is 15.1. The molecule has 0 fully saturated rings. The first-order valence-corrected chi connectivity index (χ1v) is 8.31. The van der Waals surface area contributed by atoms with E-state index in [0.29, 0.717) is 17.1 Å². The second kappa shape index (κ2) is 7.01. The smallest absolute Gasteiger partial charge is 0.189 e. The third kappa shape index (κ3) is 3.38. The fourth-order valence-corrected chi connectivity index (χ4v) is 3.10. The number of Topliss-reactive ketones (excluding diaryl/α,β-unsaturated/α-hetero) is 1. The lowest BCUT2D eigenvalue weighted by Crippen LogP contribution is -2.14. The van der Waals surface area contributed by atoms with Crippen LogP contribution in [0.1, 0.15) is 27.9 Å². The van der Waals surface area contributed by atoms with Crippen LogP contribution in [0.15, 0.2) is 42.0 Å². The Morgan fingerprint density at radius 1 is 0.960 bits per heavy atom. The van der Waals surface area contributed by atoms with Gasteiger partial charge in [-0.25, -0.2) is 0 Å². The number of fused-ring (bicyclic) bond motifs is 1. The van der Waals surface area contributed by atoms with E-state index in [1.807, 2.05) is 38.4 Å². The van der Waals surface area contributed by atoms with Crippen LogP contribution in [0.3, 0.4) is 0 Å². The highest BCUT2D eigenvalue weighted by Crippen LogP contribution is 2.35. The summed E-state index contributed by atoms with van der Waals surface area (Å²) in [5.74, 6) is 1.32. The minimum Gasteiger partial charge on any atom is -0.493 e. The van der Waals surface area contributed by atoms with E-state index < -0.39 is 0 Å². The van der Waals surface area contributed by atoms with Crippen molar-refractivity contribution in [3.8, 4) is 11.5 Å². The number of carbonyl (C=O) groups is 1. The number of aryl methyl sites for hydroxylation is 1. The van der Waals surface area contributed by atoms with Gasteiger partial charge in [0.15, 0.2) is 17.3 Å². The van der Waals surface area contributed by atoms with E-state index in [9.17, 15) is 4.79 Å². The Morgan fingerprint density at radius 3 is 2.20 bits per heavy atom. The highest BCUT2D eigenvalue weighted by Gasteiger charge is 2.24. The van der Waals surface area contributed by atoms with Crippen molar-refractivity contribution in [3.05, 3.63) is 58.7 Å². The maximum Gasteiger partial charge on any atom is 0.189 e. The van der Waals surface area contributed by atoms with Crippen LogP contribution >= 0.6 is 0 Å². The van der Waals surface area contributed by atoms with Crippen molar-refractivity contribution in [1.29, 1.82) is 0 Å². The van der Waals surface area contributed by atoms with Crippen molar-refractivity contribution >= 4 is 17.5 Å². The summed E-state index contributed by atoms with van der Waals surface area (Å²) >= 11 is 0. The van der Waals surface area contributed by atoms with Gasteiger partial charge in [0.1, 0.15) is 0 Å². The molecule has 0 atom stereocenters. The summed E-state index contributed by atoms with van der Waals surface area (Å²) in [6.45, 7) is 0. The number of nitrogens with zero attached hydrogens (tertiary/aromatic N) is 1. The average molecular weight is 337 g/mol. The van der Waals surface area contributed by atoms with Gasteiger partial charge in [-0.1, -0.05) is 12.1 Å². The van der Waals surface area contributed by atoms with Gasteiger partial charge in [0.05, 0.1) is 14.2 Å². The number of methoxy groups -OCH3 is 2. The number of rotatable bonds is 4. The molecule has 0 saturated carbocycles. The number of allylic oxidation sites excluding steroid dienone is 1. The summed E-state index contributed by atoms with van der Waals surface area (Å²) in [4.78, 5) is 14.9. The zero-order chi connectivity index (χ0) is 18.0. The van der Waals surface area contributed by atoms with E-state index in [1.165, 1.54) is 0 Å². The normalized spacial score (nSPS) is 15.0. The molecular weight excluding hydrogens is 314 g/mol. The molecule has 4 nitrogen and oxygen atoms in total. The van der Waals surface area contributed by atoms with Crippen LogP contribution in [0.5, 0.6) is 11.5 Å². The van der Waals surface area contributed by atoms with E-state index in [4.69, 9.17) is 9.47 Å². The standard InChI is InChI=1S/C21H23NO3/c1-22(2)17-9-5-14(6-10-17)11-16-8-7-15-12-19(24-3)20(25-4)13-18(15)21(16)23/h5-6,9-13H,7-8H2,1-4H3. The van der Waals surface area contributed by atoms with Crippen LogP contribution in [-0.4, -0.2) is 34.1 Å². The van der Waals surface area contributed by atoms with Gasteiger partial charge in [-0.05, 0) is 54.3 Å². The lowest BCUT2D eigenvalue weighted by molar-refractivity contribution is 0.102. The van der Waals surface area contributed by atoms with Crippen LogP contribution in [0, 0.1) is 0 Å². The molecule has 0 heterocycles. The Balaban J connectivity index is 1.93. The second-order valence-corrected chi connectivity index (χ2v) is 6.35. The number of ether oxygens (including phenoxy) is 2. The predicted octanol–water partition coefficient (Wildman–Crippen LogP) is 3.98. The maximum absolute atomic E-state index is 12.9. The van der Waals surface area contributed by atoms with Crippen molar-refractivity contribution < 1.29 is 14.3 Å². The summed E-state index contributed by atoms with van der Waals surface area (Å²) in [5.41, 5.74) is 4.73. The fourth-order valence-electron chi connectivity index (χ4n) is 3.10. The lowest BCUT2D eigenvalue weighted by Gasteiger charge is -2.20. The van der Waals surface area contributed by atoms with Crippen molar-refractivity contribution in [1.82, 2.24) is 0 Å². The maximum atomic E-state index is 12.9. The number of hydrogen-bond donors (Lipinski definition) is 0. The number of benzene rings is 2. The van der Waals surface area contributed by atoms with Gasteiger partial charge < -0.3 is 14.4 Å². The molecule has 0 aromatic heterocycles. The van der Waals surface area contributed by atoms with Crippen molar-refractivity contribution in [2.75, 3.05) is 33.2 Å². The second-order valence-electron chi connectivity index (χ2n) is 6.35. The molecule has 4 heteroatoms. The van der Waals surface area contributed by atoms with E-state index >= 15 is 0 Å². The minimum absolute atomic E-state index is 0.0684. The van der Waals surface area contributed by atoms with E-state index in [0.717, 1.165) is 35.2 Å². The topological polar surface area (TPSA) is 38.8 Å². The molecule has 0 saturated heterocycles. The highest BCUT2D eigenvalue weighted by molar-refractivity contribution is 6.13. The Bertz CT molecular complexity index is 820. The fraction of sp³-hybridized carbons (Fsp3) is 0.286. The van der Waals surface area contributed by atoms with Gasteiger partial charge >= 0.3 is 0 Å². The van der Waals surface area contributed by atoms with Gasteiger partial charge in [0.2, 0.25) is 0 Å². The molecule has 0 unspecified atom stereocenters. The molecular formula is C21H23NO3. The first-order valence-electron chi connectivity index (χ1n) is 8.31. The quantitative estimate of drug-likeness (QED) is 0.791. The molecule has 2 aromatic carbocycles. The highest BCUT2D eigenvalue weighted by atomic mass is 16.5. The molecule has 2 aromatic rings. The average Bonchev–Trinajstić information content (AvgIpc) is 2.63. The molecule has 3 rings (SSSR count). The first-order chi connectivity index (χ1) is 12.0. The number of anilines is 1. The van der Waals surface area contributed by atoms with E-state index in [1.54, 1.807) is 20.3 Å². The summed E-state index contributed by atoms with van der Waals surface area (Å²) in [5, 5.41) is 0. The number of carbonyl (C=O) groups excluding carboxylic acids is 1. The first kappa shape index (κ1) is 17.1. The lowest BCUT2D eigenvalue weighted by atomic mass is 9.85. The Kier molecular flexibility index (Phi) is 4.79. The van der Waals surface area contributed by atoms with Crippen molar-refractivity contribution in [2.24, 2.45) is 0 Å². The molecule has 0 spiro atoms. The molecule has 25 heavy (non-hydrogen) atoms. The summed E-state index contributed by atoms with van der Waals surface area (Å²) < 4.78 is 10.7. The van der Waals surface area contributed by atoms with Crippen LogP contribution < -0.4 is 14.4 Å². The molecule has 0 radical (unpaired) electrons. The Hall–Kier alpha value is -2.75. The number of ketones is 1. The Morgan fingerprint density at radius 2 is 1.60 bits per heavy atom. The molecule has 1 aliphatic carbocycles. The molecule has 0 N–H and O–H groups in total. The summed E-state index contributed by atoms with van der Waals surface area (Å²) in [6, 6.07) is 11.9. The summed E-state index contributed by atoms with van der Waals surface area (Å²) in [6.07, 6.45) is 3.54. The van der Waals surface area contributed by atoms with Crippen molar-refractivity contribution in [2.45, 2.75) is 12.8 Å². The predicted molar refractivity (Wildman–Crippen MR) is 101 cm³/mol. The molecule has 0 aliphatic heterocycles. The van der Waals surface area contributed by atoms with Crippen LogP contribution in [0.4, 0.5) is 5.69 Å². The molecule has 1 aliphatic rings. The number of hydrogen-bond acceptors (Lipinski definition) is 4. The van der Waals surface area contributed by atoms with Crippen molar-refractivity contribution in [3.63, 3.8) is 0 Å². The van der Waals surface area contributed by atoms with Crippen LogP contribution in [0.25, 0.3) is 6.08 Å². The monoisotopic (exact) mass is 337 g/mol. The zero-order valence-electron chi connectivity index (χ0n) is 15.1. The third-order valence-electron chi connectivity index (χ3n) is 4.56. The van der Waals surface area contributed by atoms with E-state index in [-0.39, 0.29) is 5.78 Å². The SMILES string of the molecule is COc1cc2c(cc1OC)C(=O)C(=Cc1ccc(N(C)C)cc1)CC2. The van der Waals surface area contributed by atoms with Gasteiger partial charge in [0, 0.05) is 30.9 Å². The van der Waals surface area contributed by atoms with Crippen LogP contribution in [0.2, 0.25) is 0 Å². The van der Waals surface area contributed by atoms with Gasteiger partial charge in [-0.15, -0.1) is 0 Å². The third-order valence-corrected chi connectivity index (χ3v) is 4.56. The Labute approximate surface area is 148 Å². The van der Waals surface area contributed by atoms with Gasteiger partial charge in [-0.2, -0.15) is 0 Å². The van der Waals surface area contributed by atoms with E-state index in [2.05, 4.69) is 17.0 Å². The minimum atomic E-state index is 0.0684. The summed E-state index contributed by atoms with van der Waals surface area (Å²) in [7, 11) is 7.21. The largest absolute Gasteiger partial charge is 0.493 e. The molecule has 0 bridgehead atoms. The van der Waals surface area contributed by atoms with Crippen LogP contribution in [-0.2, 0) is 6.42 Å².